The van der Waals surface area contributed by atoms with Crippen LogP contribution in [0.1, 0.15) is 32.6 Å². The van der Waals surface area contributed by atoms with Gasteiger partial charge in [-0.15, -0.1) is 0 Å². The van der Waals surface area contributed by atoms with Gasteiger partial charge < -0.3 is 10.2 Å². The van der Waals surface area contributed by atoms with Crippen LogP contribution in [0.3, 0.4) is 0 Å². The highest BCUT2D eigenvalue weighted by Crippen LogP contribution is 2.23. The molecule has 1 atom stereocenters. The van der Waals surface area contributed by atoms with Gasteiger partial charge in [-0.1, -0.05) is 19.4 Å². The van der Waals surface area contributed by atoms with Gasteiger partial charge in [-0.3, -0.25) is 4.79 Å². The highest BCUT2D eigenvalue weighted by Gasteiger charge is 2.21. The first-order chi connectivity index (χ1) is 10.9. The topological polar surface area (TPSA) is 78.5 Å². The predicted octanol–water partition coefficient (Wildman–Crippen LogP) is 1.94. The van der Waals surface area contributed by atoms with E-state index in [0.717, 1.165) is 25.0 Å². The first-order valence-corrected chi connectivity index (χ1v) is 9.91. The number of nitrogens with zero attached hydrogens (tertiary/aromatic N) is 1. The lowest BCUT2D eigenvalue weighted by Crippen LogP contribution is -2.43. The lowest BCUT2D eigenvalue weighted by atomic mass is 10.1. The van der Waals surface area contributed by atoms with Crippen molar-refractivity contribution >= 4 is 27.3 Å². The summed E-state index contributed by atoms with van der Waals surface area (Å²) in [7, 11) is -3.42. The maximum Gasteiger partial charge on any atom is 0.242 e. The van der Waals surface area contributed by atoms with Crippen molar-refractivity contribution in [1.29, 1.82) is 0 Å². The van der Waals surface area contributed by atoms with E-state index in [1.54, 1.807) is 0 Å². The molecule has 0 saturated carbocycles. The number of nitrogens with one attached hydrogen (secondary N) is 2. The second-order valence-corrected chi connectivity index (χ2v) is 7.75. The molecule has 1 fully saturated rings. The fourth-order valence-electron chi connectivity index (χ4n) is 2.78. The minimum atomic E-state index is -3.42. The fraction of sp³-hybridized carbons (Fsp3) is 0.562. The lowest BCUT2D eigenvalue weighted by Gasteiger charge is -2.20. The van der Waals surface area contributed by atoms with Gasteiger partial charge in [0.2, 0.25) is 15.9 Å². The van der Waals surface area contributed by atoms with Crippen molar-refractivity contribution in [2.45, 2.75) is 38.6 Å². The Morgan fingerprint density at radius 1 is 1.30 bits per heavy atom. The van der Waals surface area contributed by atoms with Crippen LogP contribution in [0, 0.1) is 0 Å². The van der Waals surface area contributed by atoms with Gasteiger partial charge in [0.05, 0.1) is 6.26 Å². The number of hydrogen-bond acceptors (Lipinski definition) is 4. The molecule has 6 nitrogen and oxygen atoms in total. The maximum absolute atomic E-state index is 12.4. The summed E-state index contributed by atoms with van der Waals surface area (Å²) < 4.78 is 25.2. The molecule has 7 heteroatoms. The average molecular weight is 339 g/mol. The van der Waals surface area contributed by atoms with E-state index in [1.807, 2.05) is 31.2 Å². The fourth-order valence-corrected chi connectivity index (χ4v) is 3.52. The standard InChI is InChI=1S/C16H25N3O3S/c1-3-7-15(18-23(2,21)22)16(20)17-13-8-6-9-14(12-13)19-10-4-5-11-19/h6,8-9,12,15,18H,3-5,7,10-11H2,1-2H3,(H,17,20). The van der Waals surface area contributed by atoms with Gasteiger partial charge in [0.25, 0.3) is 0 Å². The summed E-state index contributed by atoms with van der Waals surface area (Å²) in [5.74, 6) is -0.323. The van der Waals surface area contributed by atoms with Crippen molar-refractivity contribution in [3.63, 3.8) is 0 Å². The van der Waals surface area contributed by atoms with Crippen molar-refractivity contribution in [3.05, 3.63) is 24.3 Å². The SMILES string of the molecule is CCCC(NS(C)(=O)=O)C(=O)Nc1cccc(N2CCCC2)c1. The van der Waals surface area contributed by atoms with E-state index < -0.39 is 16.1 Å². The van der Waals surface area contributed by atoms with Crippen LogP contribution in [0.25, 0.3) is 0 Å². The third-order valence-corrected chi connectivity index (χ3v) is 4.55. The summed E-state index contributed by atoms with van der Waals surface area (Å²) in [6.07, 6.45) is 4.62. The zero-order chi connectivity index (χ0) is 16.9. The van der Waals surface area contributed by atoms with Crippen LogP contribution < -0.4 is 14.9 Å². The van der Waals surface area contributed by atoms with E-state index in [4.69, 9.17) is 0 Å². The number of carbonyl (C=O) groups excluding carboxylic acids is 1. The molecule has 0 aliphatic carbocycles. The van der Waals surface area contributed by atoms with Gasteiger partial charge in [-0.25, -0.2) is 13.1 Å². The van der Waals surface area contributed by atoms with Gasteiger partial charge in [-0.2, -0.15) is 0 Å². The average Bonchev–Trinajstić information content (AvgIpc) is 3.00. The molecule has 23 heavy (non-hydrogen) atoms. The monoisotopic (exact) mass is 339 g/mol. The van der Waals surface area contributed by atoms with Crippen LogP contribution in [-0.2, 0) is 14.8 Å². The minimum absolute atomic E-state index is 0.323. The van der Waals surface area contributed by atoms with Gasteiger partial charge in [-0.05, 0) is 37.5 Å². The smallest absolute Gasteiger partial charge is 0.242 e. The second kappa shape index (κ2) is 7.79. The van der Waals surface area contributed by atoms with E-state index in [0.29, 0.717) is 18.5 Å². The zero-order valence-corrected chi connectivity index (χ0v) is 14.5. The van der Waals surface area contributed by atoms with E-state index in [-0.39, 0.29) is 5.91 Å². The molecule has 1 aromatic carbocycles. The number of anilines is 2. The molecular formula is C16H25N3O3S. The van der Waals surface area contributed by atoms with E-state index >= 15 is 0 Å². The molecule has 0 bridgehead atoms. The Kier molecular flexibility index (Phi) is 6.01. The molecule has 0 spiro atoms. The van der Waals surface area contributed by atoms with Crippen molar-refractivity contribution in [2.24, 2.45) is 0 Å². The number of sulfonamides is 1. The Hall–Kier alpha value is -1.60. The lowest BCUT2D eigenvalue weighted by molar-refractivity contribution is -0.117. The highest BCUT2D eigenvalue weighted by atomic mass is 32.2. The van der Waals surface area contributed by atoms with E-state index in [2.05, 4.69) is 14.9 Å². The van der Waals surface area contributed by atoms with Crippen molar-refractivity contribution in [2.75, 3.05) is 29.6 Å². The Labute approximate surface area is 138 Å². The molecule has 0 aromatic heterocycles. The summed E-state index contributed by atoms with van der Waals surface area (Å²) in [5, 5.41) is 2.82. The molecule has 0 radical (unpaired) electrons. The normalized spacial score (nSPS) is 16.3. The number of amides is 1. The molecule has 1 saturated heterocycles. The second-order valence-electron chi connectivity index (χ2n) is 5.97. The van der Waals surface area contributed by atoms with Crippen LogP contribution in [-0.4, -0.2) is 39.7 Å². The summed E-state index contributed by atoms with van der Waals surface area (Å²) >= 11 is 0. The number of hydrogen-bond donors (Lipinski definition) is 2. The molecule has 1 amide bonds. The maximum atomic E-state index is 12.4. The quantitative estimate of drug-likeness (QED) is 0.796. The van der Waals surface area contributed by atoms with Crippen LogP contribution in [0.4, 0.5) is 11.4 Å². The zero-order valence-electron chi connectivity index (χ0n) is 13.7. The van der Waals surface area contributed by atoms with Crippen LogP contribution in [0.5, 0.6) is 0 Å². The highest BCUT2D eigenvalue weighted by molar-refractivity contribution is 7.88. The first-order valence-electron chi connectivity index (χ1n) is 8.02. The number of benzene rings is 1. The summed E-state index contributed by atoms with van der Waals surface area (Å²) in [4.78, 5) is 14.6. The Bertz CT molecular complexity index is 640. The molecule has 1 aliphatic rings. The number of carbonyl (C=O) groups is 1. The summed E-state index contributed by atoms with van der Waals surface area (Å²) in [6.45, 7) is 3.98. The van der Waals surface area contributed by atoms with Crippen molar-refractivity contribution < 1.29 is 13.2 Å². The summed E-state index contributed by atoms with van der Waals surface area (Å²) in [5.41, 5.74) is 1.78. The molecule has 2 N–H and O–H groups in total. The molecule has 1 unspecified atom stereocenters. The molecule has 1 aliphatic heterocycles. The van der Waals surface area contributed by atoms with Crippen LogP contribution in [0.2, 0.25) is 0 Å². The molecule has 2 rings (SSSR count). The van der Waals surface area contributed by atoms with Crippen LogP contribution in [0.15, 0.2) is 24.3 Å². The Morgan fingerprint density at radius 2 is 2.00 bits per heavy atom. The molecular weight excluding hydrogens is 314 g/mol. The van der Waals surface area contributed by atoms with E-state index in [9.17, 15) is 13.2 Å². The van der Waals surface area contributed by atoms with Gasteiger partial charge >= 0.3 is 0 Å². The van der Waals surface area contributed by atoms with Gasteiger partial charge in [0.1, 0.15) is 6.04 Å². The first kappa shape index (κ1) is 17.7. The van der Waals surface area contributed by atoms with Gasteiger partial charge in [0, 0.05) is 24.5 Å². The van der Waals surface area contributed by atoms with Gasteiger partial charge in [0.15, 0.2) is 0 Å². The van der Waals surface area contributed by atoms with E-state index in [1.165, 1.54) is 12.8 Å². The largest absolute Gasteiger partial charge is 0.371 e. The van der Waals surface area contributed by atoms with Crippen molar-refractivity contribution in [1.82, 2.24) is 4.72 Å². The molecule has 128 valence electrons. The molecule has 1 heterocycles. The predicted molar refractivity (Wildman–Crippen MR) is 93.2 cm³/mol. The number of rotatable bonds is 7. The third-order valence-electron chi connectivity index (χ3n) is 3.84. The molecule has 1 aromatic rings. The Morgan fingerprint density at radius 3 is 2.61 bits per heavy atom. The van der Waals surface area contributed by atoms with Crippen LogP contribution >= 0.6 is 0 Å². The third kappa shape index (κ3) is 5.51. The summed E-state index contributed by atoms with van der Waals surface area (Å²) in [6, 6.07) is 6.94. The van der Waals surface area contributed by atoms with Crippen molar-refractivity contribution in [3.8, 4) is 0 Å². The minimum Gasteiger partial charge on any atom is -0.371 e. The Balaban J connectivity index is 2.06.